The Morgan fingerprint density at radius 1 is 1.10 bits per heavy atom. The molecule has 0 unspecified atom stereocenters. The third-order valence-corrected chi connectivity index (χ3v) is 4.54. The van der Waals surface area contributed by atoms with Crippen LogP contribution in [0.25, 0.3) is 0 Å². The quantitative estimate of drug-likeness (QED) is 0.694. The van der Waals surface area contributed by atoms with Crippen molar-refractivity contribution in [3.8, 4) is 5.75 Å². The molecule has 0 aliphatic heterocycles. The van der Waals surface area contributed by atoms with Gasteiger partial charge in [0.15, 0.2) is 0 Å². The molecule has 0 radical (unpaired) electrons. The van der Waals surface area contributed by atoms with E-state index in [4.69, 9.17) is 16.3 Å². The second kappa shape index (κ2) is 6.19. The lowest BCUT2D eigenvalue weighted by Crippen LogP contribution is -2.24. The van der Waals surface area contributed by atoms with Gasteiger partial charge >= 0.3 is 0 Å². The van der Waals surface area contributed by atoms with Crippen LogP contribution in [0, 0.1) is 0 Å². The van der Waals surface area contributed by atoms with E-state index < -0.39 is 0 Å². The Bertz CT molecular complexity index is 590. The lowest BCUT2D eigenvalue weighted by molar-refractivity contribution is 0.120. The van der Waals surface area contributed by atoms with E-state index in [2.05, 4.69) is 46.3 Å². The Kier molecular flexibility index (Phi) is 4.32. The van der Waals surface area contributed by atoms with Gasteiger partial charge in [0.2, 0.25) is 0 Å². The van der Waals surface area contributed by atoms with Gasteiger partial charge < -0.3 is 4.74 Å². The van der Waals surface area contributed by atoms with Crippen LogP contribution in [0.1, 0.15) is 30.4 Å². The fourth-order valence-corrected chi connectivity index (χ4v) is 2.86. The Hall–Kier alpha value is -0.990. The van der Waals surface area contributed by atoms with Gasteiger partial charge in [-0.25, -0.2) is 0 Å². The van der Waals surface area contributed by atoms with Crippen LogP contribution in [0.4, 0.5) is 0 Å². The minimum absolute atomic E-state index is 0.431. The molecule has 0 N–H and O–H groups in total. The maximum atomic E-state index is 6.23. The first-order chi connectivity index (χ1) is 9.70. The zero-order valence-electron chi connectivity index (χ0n) is 11.1. The average Bonchev–Trinajstić information content (AvgIpc) is 2.40. The maximum absolute atomic E-state index is 6.23. The Morgan fingerprint density at radius 3 is 2.50 bits per heavy atom. The fraction of sp³-hybridized carbons (Fsp3) is 0.294. The van der Waals surface area contributed by atoms with Gasteiger partial charge in [0, 0.05) is 9.50 Å². The molecule has 0 heterocycles. The van der Waals surface area contributed by atoms with Gasteiger partial charge in [0.1, 0.15) is 5.75 Å². The van der Waals surface area contributed by atoms with Crippen molar-refractivity contribution >= 4 is 27.5 Å². The summed E-state index contributed by atoms with van der Waals surface area (Å²) in [4.78, 5) is 0. The summed E-state index contributed by atoms with van der Waals surface area (Å²) >= 11 is 9.71. The maximum Gasteiger partial charge on any atom is 0.119 e. The molecule has 1 aliphatic rings. The first kappa shape index (κ1) is 14.0. The van der Waals surface area contributed by atoms with Crippen molar-refractivity contribution < 1.29 is 4.74 Å². The van der Waals surface area contributed by atoms with Crippen molar-refractivity contribution in [1.29, 1.82) is 0 Å². The number of halogens is 2. The SMILES string of the molecule is Clc1ccc(Br)cc1Cc1ccc(OC2CCC2)cc1. The van der Waals surface area contributed by atoms with E-state index in [1.165, 1.54) is 24.8 Å². The third-order valence-electron chi connectivity index (χ3n) is 3.68. The summed E-state index contributed by atoms with van der Waals surface area (Å²) < 4.78 is 6.92. The molecule has 3 rings (SSSR count). The van der Waals surface area contributed by atoms with E-state index in [9.17, 15) is 0 Å². The monoisotopic (exact) mass is 350 g/mol. The van der Waals surface area contributed by atoms with Crippen molar-refractivity contribution in [3.63, 3.8) is 0 Å². The predicted molar refractivity (Wildman–Crippen MR) is 86.7 cm³/mol. The van der Waals surface area contributed by atoms with E-state index >= 15 is 0 Å². The minimum atomic E-state index is 0.431. The Morgan fingerprint density at radius 2 is 1.85 bits per heavy atom. The van der Waals surface area contributed by atoms with Gasteiger partial charge in [0.25, 0.3) is 0 Å². The standard InChI is InChI=1S/C17H16BrClO/c18-14-6-9-17(19)13(11-14)10-12-4-7-16(8-5-12)20-15-2-1-3-15/h4-9,11,15H,1-3,10H2. The highest BCUT2D eigenvalue weighted by Gasteiger charge is 2.18. The van der Waals surface area contributed by atoms with Gasteiger partial charge in [-0.3, -0.25) is 0 Å². The summed E-state index contributed by atoms with van der Waals surface area (Å²) in [6.07, 6.45) is 4.94. The van der Waals surface area contributed by atoms with Crippen molar-refractivity contribution in [3.05, 3.63) is 63.1 Å². The van der Waals surface area contributed by atoms with Crippen LogP contribution in [0.5, 0.6) is 5.75 Å². The van der Waals surface area contributed by atoms with Gasteiger partial charge in [-0.05, 0) is 67.1 Å². The molecule has 104 valence electrons. The zero-order valence-corrected chi connectivity index (χ0v) is 13.5. The molecule has 1 nitrogen and oxygen atoms in total. The van der Waals surface area contributed by atoms with E-state index in [1.54, 1.807) is 0 Å². The molecule has 0 aromatic heterocycles. The number of hydrogen-bond donors (Lipinski definition) is 0. The fourth-order valence-electron chi connectivity index (χ4n) is 2.27. The summed E-state index contributed by atoms with van der Waals surface area (Å²) in [6, 6.07) is 14.3. The zero-order chi connectivity index (χ0) is 13.9. The molecule has 1 fully saturated rings. The molecule has 1 aliphatic carbocycles. The Labute approximate surface area is 133 Å². The highest BCUT2D eigenvalue weighted by Crippen LogP contribution is 2.27. The summed E-state index contributed by atoms with van der Waals surface area (Å²) in [5, 5.41) is 0.808. The van der Waals surface area contributed by atoms with E-state index in [0.717, 1.165) is 27.2 Å². The first-order valence-electron chi connectivity index (χ1n) is 6.90. The average molecular weight is 352 g/mol. The van der Waals surface area contributed by atoms with Crippen LogP contribution >= 0.6 is 27.5 Å². The first-order valence-corrected chi connectivity index (χ1v) is 8.07. The van der Waals surface area contributed by atoms with E-state index in [0.29, 0.717) is 6.10 Å². The summed E-state index contributed by atoms with van der Waals surface area (Å²) in [6.45, 7) is 0. The van der Waals surface area contributed by atoms with Crippen LogP contribution < -0.4 is 4.74 Å². The summed E-state index contributed by atoms with van der Waals surface area (Å²) in [7, 11) is 0. The van der Waals surface area contributed by atoms with Crippen molar-refractivity contribution in [2.45, 2.75) is 31.8 Å². The summed E-state index contributed by atoms with van der Waals surface area (Å²) in [5.41, 5.74) is 2.37. The second-order valence-electron chi connectivity index (χ2n) is 5.23. The molecule has 0 atom stereocenters. The predicted octanol–water partition coefficient (Wildman–Crippen LogP) is 5.62. The highest BCUT2D eigenvalue weighted by molar-refractivity contribution is 9.10. The van der Waals surface area contributed by atoms with Crippen LogP contribution in [0.15, 0.2) is 46.9 Å². The third kappa shape index (κ3) is 3.36. The van der Waals surface area contributed by atoms with Gasteiger partial charge in [-0.1, -0.05) is 39.7 Å². The van der Waals surface area contributed by atoms with Crippen LogP contribution in [-0.4, -0.2) is 6.10 Å². The molecule has 20 heavy (non-hydrogen) atoms. The molecule has 0 spiro atoms. The van der Waals surface area contributed by atoms with Crippen molar-refractivity contribution in [2.24, 2.45) is 0 Å². The number of hydrogen-bond acceptors (Lipinski definition) is 1. The second-order valence-corrected chi connectivity index (χ2v) is 6.55. The summed E-state index contributed by atoms with van der Waals surface area (Å²) in [5.74, 6) is 0.971. The number of ether oxygens (including phenoxy) is 1. The largest absolute Gasteiger partial charge is 0.490 e. The molecule has 2 aromatic carbocycles. The van der Waals surface area contributed by atoms with Gasteiger partial charge in [-0.15, -0.1) is 0 Å². The molecule has 0 saturated heterocycles. The van der Waals surface area contributed by atoms with Crippen LogP contribution in [-0.2, 0) is 6.42 Å². The lowest BCUT2D eigenvalue weighted by Gasteiger charge is -2.26. The van der Waals surface area contributed by atoms with Gasteiger partial charge in [0.05, 0.1) is 6.10 Å². The molecular weight excluding hydrogens is 336 g/mol. The van der Waals surface area contributed by atoms with Gasteiger partial charge in [-0.2, -0.15) is 0 Å². The molecule has 1 saturated carbocycles. The minimum Gasteiger partial charge on any atom is -0.490 e. The van der Waals surface area contributed by atoms with Crippen LogP contribution in [0.3, 0.4) is 0 Å². The molecule has 0 bridgehead atoms. The normalized spacial score (nSPS) is 14.9. The van der Waals surface area contributed by atoms with E-state index in [1.807, 2.05) is 12.1 Å². The smallest absolute Gasteiger partial charge is 0.119 e. The molecule has 2 aromatic rings. The molecule has 0 amide bonds. The Balaban J connectivity index is 1.69. The van der Waals surface area contributed by atoms with Crippen molar-refractivity contribution in [2.75, 3.05) is 0 Å². The molecule has 3 heteroatoms. The lowest BCUT2D eigenvalue weighted by atomic mass is 9.96. The topological polar surface area (TPSA) is 9.23 Å². The number of rotatable bonds is 4. The van der Waals surface area contributed by atoms with Crippen molar-refractivity contribution in [1.82, 2.24) is 0 Å². The molecular formula is C17H16BrClO. The van der Waals surface area contributed by atoms with E-state index in [-0.39, 0.29) is 0 Å². The van der Waals surface area contributed by atoms with Crippen LogP contribution in [0.2, 0.25) is 5.02 Å². The highest BCUT2D eigenvalue weighted by atomic mass is 79.9. The number of benzene rings is 2.